The molecule has 1 fully saturated rings. The van der Waals surface area contributed by atoms with Crippen molar-refractivity contribution in [2.24, 2.45) is 0 Å². The van der Waals surface area contributed by atoms with Crippen molar-refractivity contribution in [2.45, 2.75) is 30.1 Å². The number of sulfonamides is 1. The smallest absolute Gasteiger partial charge is 0.467 e. The SMILES string of the molecule is COc1nn(C(=O)NS(=O)(=O)c2ccccc2OC(F)(F)F)c(=O)n1C1CC1. The third-order valence-corrected chi connectivity index (χ3v) is 5.01. The molecular formula is C14H13F3N4O6S. The molecule has 0 saturated heterocycles. The monoisotopic (exact) mass is 422 g/mol. The molecule has 0 bridgehead atoms. The fourth-order valence-corrected chi connectivity index (χ4v) is 3.43. The number of para-hydroxylation sites is 1. The minimum Gasteiger partial charge on any atom is -0.467 e. The quantitative estimate of drug-likeness (QED) is 0.769. The standard InChI is InChI=1S/C14H13F3N4O6S/c1-26-12-18-21(13(23)20(12)8-6-7-8)11(22)19-28(24,25)10-5-3-2-4-9(10)27-14(15,16)17/h2-5,8H,6-7H2,1H3,(H,19,22). The number of benzene rings is 1. The highest BCUT2D eigenvalue weighted by molar-refractivity contribution is 7.90. The van der Waals surface area contributed by atoms with E-state index in [9.17, 15) is 31.2 Å². The van der Waals surface area contributed by atoms with Gasteiger partial charge in [-0.1, -0.05) is 12.1 Å². The topological polar surface area (TPSA) is 122 Å². The van der Waals surface area contributed by atoms with Gasteiger partial charge < -0.3 is 9.47 Å². The Morgan fingerprint density at radius 3 is 2.50 bits per heavy atom. The maximum atomic E-state index is 12.5. The zero-order valence-corrected chi connectivity index (χ0v) is 15.0. The lowest BCUT2D eigenvalue weighted by Gasteiger charge is -2.13. The van der Waals surface area contributed by atoms with Crippen LogP contribution in [0.25, 0.3) is 0 Å². The summed E-state index contributed by atoms with van der Waals surface area (Å²) in [7, 11) is -3.60. The maximum Gasteiger partial charge on any atom is 0.573 e. The van der Waals surface area contributed by atoms with E-state index in [1.165, 1.54) is 11.8 Å². The number of aromatic nitrogens is 3. The molecule has 0 atom stereocenters. The molecule has 14 heteroatoms. The first kappa shape index (κ1) is 19.7. The second-order valence-electron chi connectivity index (χ2n) is 5.69. The molecule has 1 aliphatic rings. The minimum absolute atomic E-state index is 0.194. The Morgan fingerprint density at radius 1 is 1.29 bits per heavy atom. The number of carbonyl (C=O) groups is 1. The van der Waals surface area contributed by atoms with E-state index in [1.54, 1.807) is 0 Å². The molecule has 0 aliphatic heterocycles. The second-order valence-corrected chi connectivity index (χ2v) is 7.34. The van der Waals surface area contributed by atoms with Crippen molar-refractivity contribution in [1.82, 2.24) is 19.1 Å². The Balaban J connectivity index is 1.92. The van der Waals surface area contributed by atoms with Crippen molar-refractivity contribution in [1.29, 1.82) is 0 Å². The summed E-state index contributed by atoms with van der Waals surface area (Å²) >= 11 is 0. The summed E-state index contributed by atoms with van der Waals surface area (Å²) in [5.41, 5.74) is -0.938. The fraction of sp³-hybridized carbons (Fsp3) is 0.357. The normalized spacial score (nSPS) is 14.6. The van der Waals surface area contributed by atoms with Crippen LogP contribution in [0, 0.1) is 0 Å². The van der Waals surface area contributed by atoms with Crippen LogP contribution in [0.4, 0.5) is 18.0 Å². The molecule has 1 saturated carbocycles. The van der Waals surface area contributed by atoms with Crippen molar-refractivity contribution >= 4 is 16.1 Å². The van der Waals surface area contributed by atoms with Crippen LogP contribution in [0.3, 0.4) is 0 Å². The van der Waals surface area contributed by atoms with Gasteiger partial charge in [0.05, 0.1) is 7.11 Å². The summed E-state index contributed by atoms with van der Waals surface area (Å²) in [6, 6.07) is 1.94. The van der Waals surface area contributed by atoms with Gasteiger partial charge in [0.15, 0.2) is 0 Å². The van der Waals surface area contributed by atoms with E-state index in [2.05, 4.69) is 9.84 Å². The highest BCUT2D eigenvalue weighted by Gasteiger charge is 2.36. The molecule has 0 spiro atoms. The molecule has 1 heterocycles. The van der Waals surface area contributed by atoms with Crippen LogP contribution >= 0.6 is 0 Å². The van der Waals surface area contributed by atoms with E-state index >= 15 is 0 Å². The third-order valence-electron chi connectivity index (χ3n) is 3.65. The van der Waals surface area contributed by atoms with Gasteiger partial charge in [-0.3, -0.25) is 0 Å². The van der Waals surface area contributed by atoms with Gasteiger partial charge in [-0.25, -0.2) is 27.3 Å². The summed E-state index contributed by atoms with van der Waals surface area (Å²) in [6.07, 6.45) is -3.84. The van der Waals surface area contributed by atoms with E-state index in [1.807, 2.05) is 0 Å². The molecule has 0 radical (unpaired) electrons. The van der Waals surface area contributed by atoms with Crippen LogP contribution in [0.15, 0.2) is 34.0 Å². The first-order valence-electron chi connectivity index (χ1n) is 7.71. The lowest BCUT2D eigenvalue weighted by Crippen LogP contribution is -2.40. The molecule has 1 aromatic heterocycles. The fourth-order valence-electron chi connectivity index (χ4n) is 2.37. The van der Waals surface area contributed by atoms with E-state index in [0.717, 1.165) is 28.8 Å². The van der Waals surface area contributed by atoms with Gasteiger partial charge in [0.1, 0.15) is 10.6 Å². The third kappa shape index (κ3) is 3.95. The highest BCUT2D eigenvalue weighted by Crippen LogP contribution is 2.36. The second kappa shape index (κ2) is 6.85. The summed E-state index contributed by atoms with van der Waals surface area (Å²) < 4.78 is 73.6. The Kier molecular flexibility index (Phi) is 4.82. The van der Waals surface area contributed by atoms with E-state index in [0.29, 0.717) is 12.8 Å². The largest absolute Gasteiger partial charge is 0.573 e. The highest BCUT2D eigenvalue weighted by atomic mass is 32.2. The van der Waals surface area contributed by atoms with Crippen molar-refractivity contribution in [3.8, 4) is 11.8 Å². The number of rotatable bonds is 5. The Morgan fingerprint density at radius 2 is 1.93 bits per heavy atom. The van der Waals surface area contributed by atoms with E-state index in [4.69, 9.17) is 4.74 Å². The first-order valence-corrected chi connectivity index (χ1v) is 9.19. The molecule has 2 aromatic rings. The maximum absolute atomic E-state index is 12.5. The predicted molar refractivity (Wildman–Crippen MR) is 85.6 cm³/mol. The van der Waals surface area contributed by atoms with Gasteiger partial charge in [-0.15, -0.1) is 23.0 Å². The van der Waals surface area contributed by atoms with Gasteiger partial charge in [-0.2, -0.15) is 0 Å². The molecular weight excluding hydrogens is 409 g/mol. The molecule has 1 aliphatic carbocycles. The zero-order valence-electron chi connectivity index (χ0n) is 14.1. The first-order chi connectivity index (χ1) is 13.0. The number of nitrogens with one attached hydrogen (secondary N) is 1. The van der Waals surface area contributed by atoms with Crippen molar-refractivity contribution < 1.29 is 35.9 Å². The van der Waals surface area contributed by atoms with Crippen molar-refractivity contribution in [3.63, 3.8) is 0 Å². The number of ether oxygens (including phenoxy) is 2. The van der Waals surface area contributed by atoms with Gasteiger partial charge in [0.2, 0.25) is 0 Å². The van der Waals surface area contributed by atoms with Crippen LogP contribution < -0.4 is 19.9 Å². The number of hydrogen-bond acceptors (Lipinski definition) is 7. The molecule has 0 unspecified atom stereocenters. The van der Waals surface area contributed by atoms with Crippen LogP contribution in [0.2, 0.25) is 0 Å². The number of nitrogens with zero attached hydrogens (tertiary/aromatic N) is 3. The Labute approximate surface area is 155 Å². The summed E-state index contributed by atoms with van der Waals surface area (Å²) in [6.45, 7) is 0. The van der Waals surface area contributed by atoms with Crippen LogP contribution in [-0.2, 0) is 10.0 Å². The Bertz CT molecular complexity index is 1070. The van der Waals surface area contributed by atoms with Gasteiger partial charge >= 0.3 is 24.1 Å². The average molecular weight is 422 g/mol. The average Bonchev–Trinajstić information content (AvgIpc) is 3.36. The van der Waals surface area contributed by atoms with Gasteiger partial charge in [-0.05, 0) is 25.0 Å². The summed E-state index contributed by atoms with van der Waals surface area (Å²) in [4.78, 5) is 23.6. The number of hydrogen-bond donors (Lipinski definition) is 1. The number of alkyl halides is 3. The lowest BCUT2D eigenvalue weighted by molar-refractivity contribution is -0.275. The summed E-state index contributed by atoms with van der Waals surface area (Å²) in [5.74, 6) is -1.04. The summed E-state index contributed by atoms with van der Waals surface area (Å²) in [5, 5.41) is 3.61. The lowest BCUT2D eigenvalue weighted by atomic mass is 10.3. The molecule has 28 heavy (non-hydrogen) atoms. The van der Waals surface area contributed by atoms with E-state index in [-0.39, 0.29) is 16.7 Å². The number of halogens is 3. The van der Waals surface area contributed by atoms with Crippen LogP contribution in [0.5, 0.6) is 11.8 Å². The van der Waals surface area contributed by atoms with Crippen LogP contribution in [0.1, 0.15) is 18.9 Å². The predicted octanol–water partition coefficient (Wildman–Crippen LogP) is 1.23. The van der Waals surface area contributed by atoms with Crippen LogP contribution in [-0.4, -0.2) is 42.3 Å². The van der Waals surface area contributed by atoms with Gasteiger partial charge in [0, 0.05) is 6.04 Å². The molecule has 1 aromatic carbocycles. The Hall–Kier alpha value is -3.03. The van der Waals surface area contributed by atoms with Gasteiger partial charge in [0.25, 0.3) is 10.0 Å². The number of methoxy groups -OCH3 is 1. The van der Waals surface area contributed by atoms with E-state index < -0.39 is 38.8 Å². The van der Waals surface area contributed by atoms with Crippen molar-refractivity contribution in [3.05, 3.63) is 34.7 Å². The van der Waals surface area contributed by atoms with Crippen molar-refractivity contribution in [2.75, 3.05) is 7.11 Å². The number of amides is 1. The number of carbonyl (C=O) groups excluding carboxylic acids is 1. The minimum atomic E-state index is -5.15. The zero-order chi connectivity index (χ0) is 20.7. The molecule has 10 nitrogen and oxygen atoms in total. The molecule has 152 valence electrons. The molecule has 1 amide bonds. The molecule has 3 rings (SSSR count). The molecule has 1 N–H and O–H groups in total.